The molecule has 0 amide bonds. The molecule has 0 spiro atoms. The van der Waals surface area contributed by atoms with Crippen molar-refractivity contribution in [1.29, 1.82) is 0 Å². The minimum Gasteiger partial charge on any atom is -0.371 e. The Kier molecular flexibility index (Phi) is 5.61. The fourth-order valence-corrected chi connectivity index (χ4v) is 4.10. The molecule has 1 radical (unpaired) electrons. The van der Waals surface area contributed by atoms with Gasteiger partial charge in [0.05, 0.1) is 11.6 Å². The van der Waals surface area contributed by atoms with E-state index in [1.165, 1.54) is 22.3 Å². The van der Waals surface area contributed by atoms with Crippen molar-refractivity contribution in [3.8, 4) is 28.2 Å². The smallest absolute Gasteiger partial charge is 0.114 e. The Balaban J connectivity index is 0.00000231. The van der Waals surface area contributed by atoms with Gasteiger partial charge in [0.2, 0.25) is 0 Å². The van der Waals surface area contributed by atoms with Crippen LogP contribution in [0.5, 0.6) is 0 Å². The van der Waals surface area contributed by atoms with Gasteiger partial charge < -0.3 is 9.13 Å². The fourth-order valence-electron chi connectivity index (χ4n) is 4.10. The van der Waals surface area contributed by atoms with E-state index < -0.39 is 0 Å². The van der Waals surface area contributed by atoms with Crippen LogP contribution in [0, 0.1) is 26.8 Å². The molecule has 2 aromatic heterocycles. The van der Waals surface area contributed by atoms with Crippen molar-refractivity contribution in [1.82, 2.24) is 24.3 Å². The standard InChI is InChI=1S/C25H22N5.Ir/c1-16-12-21(19-8-6-5-7-9-19)13-17(2)24(16)30-15-26-28-25(30)20-10-11-23-22(14-20)27-18(3)29(23)4;/h5-9,11-15H,1-4H3;/q-1;. The van der Waals surface area contributed by atoms with Crippen LogP contribution in [0.2, 0.25) is 0 Å². The number of imidazole rings is 1. The van der Waals surface area contributed by atoms with Gasteiger partial charge in [0.25, 0.3) is 0 Å². The Labute approximate surface area is 195 Å². The first-order valence-electron chi connectivity index (χ1n) is 9.95. The van der Waals surface area contributed by atoms with E-state index in [1.54, 1.807) is 6.33 Å². The number of hydrogen-bond donors (Lipinski definition) is 0. The summed E-state index contributed by atoms with van der Waals surface area (Å²) in [5, 5.41) is 8.62. The monoisotopic (exact) mass is 585 g/mol. The first kappa shape index (κ1) is 21.2. The molecule has 0 fully saturated rings. The van der Waals surface area contributed by atoms with Crippen molar-refractivity contribution < 1.29 is 20.1 Å². The molecule has 0 unspecified atom stereocenters. The van der Waals surface area contributed by atoms with Gasteiger partial charge in [-0.15, -0.1) is 28.9 Å². The van der Waals surface area contributed by atoms with E-state index in [2.05, 4.69) is 76.1 Å². The Morgan fingerprint density at radius 3 is 2.32 bits per heavy atom. The van der Waals surface area contributed by atoms with Gasteiger partial charge in [-0.1, -0.05) is 30.3 Å². The first-order valence-corrected chi connectivity index (χ1v) is 9.95. The van der Waals surface area contributed by atoms with Crippen LogP contribution in [0.25, 0.3) is 39.2 Å². The molecule has 0 aliphatic heterocycles. The molecule has 0 aliphatic carbocycles. The Bertz CT molecular complexity index is 1360. The van der Waals surface area contributed by atoms with Crippen LogP contribution < -0.4 is 0 Å². The third-order valence-corrected chi connectivity index (χ3v) is 5.66. The maximum absolute atomic E-state index is 4.65. The third kappa shape index (κ3) is 3.62. The van der Waals surface area contributed by atoms with E-state index >= 15 is 0 Å². The van der Waals surface area contributed by atoms with Crippen LogP contribution in [0.1, 0.15) is 17.0 Å². The van der Waals surface area contributed by atoms with Crippen molar-refractivity contribution in [3.63, 3.8) is 0 Å². The summed E-state index contributed by atoms with van der Waals surface area (Å²) >= 11 is 0. The molecule has 3 aromatic carbocycles. The van der Waals surface area contributed by atoms with Gasteiger partial charge in [-0.25, -0.2) is 0 Å². The van der Waals surface area contributed by atoms with Gasteiger partial charge in [0.15, 0.2) is 0 Å². The number of benzene rings is 3. The van der Waals surface area contributed by atoms with E-state index in [1.807, 2.05) is 36.7 Å². The zero-order chi connectivity index (χ0) is 20.8. The van der Waals surface area contributed by atoms with E-state index in [4.69, 9.17) is 0 Å². The number of nitrogens with zero attached hydrogens (tertiary/aromatic N) is 5. The summed E-state index contributed by atoms with van der Waals surface area (Å²) in [5.74, 6) is 1.74. The van der Waals surface area contributed by atoms with Crippen LogP contribution >= 0.6 is 0 Å². The Morgan fingerprint density at radius 2 is 1.61 bits per heavy atom. The Morgan fingerprint density at radius 1 is 0.903 bits per heavy atom. The second kappa shape index (κ2) is 8.22. The zero-order valence-corrected chi connectivity index (χ0v) is 20.2. The molecular formula is C25H22IrN5-. The number of rotatable bonds is 3. The van der Waals surface area contributed by atoms with E-state index in [9.17, 15) is 0 Å². The minimum absolute atomic E-state index is 0. The molecule has 5 rings (SSSR count). The average molecular weight is 585 g/mol. The van der Waals surface area contributed by atoms with Crippen molar-refractivity contribution in [2.45, 2.75) is 20.8 Å². The first-order chi connectivity index (χ1) is 14.5. The minimum atomic E-state index is 0. The van der Waals surface area contributed by atoms with Crippen molar-refractivity contribution in [2.75, 3.05) is 0 Å². The summed E-state index contributed by atoms with van der Waals surface area (Å²) in [6, 6.07) is 22.3. The summed E-state index contributed by atoms with van der Waals surface area (Å²) in [6.45, 7) is 6.27. The quantitative estimate of drug-likeness (QED) is 0.274. The predicted octanol–water partition coefficient (Wildman–Crippen LogP) is 5.21. The SMILES string of the molecule is Cc1cc(-c2ccccc2)cc(C)c1-n1cnnc1-c1[c-]cc2c(c1)nc(C)n2C.[Ir]. The van der Waals surface area contributed by atoms with Gasteiger partial charge in [-0.05, 0) is 60.7 Å². The van der Waals surface area contributed by atoms with Gasteiger partial charge in [-0.2, -0.15) is 5.10 Å². The summed E-state index contributed by atoms with van der Waals surface area (Å²) in [4.78, 5) is 4.65. The summed E-state index contributed by atoms with van der Waals surface area (Å²) < 4.78 is 4.11. The second-order valence-electron chi connectivity index (χ2n) is 7.68. The van der Waals surface area contributed by atoms with Crippen molar-refractivity contribution >= 4 is 11.0 Å². The molecule has 0 saturated carbocycles. The molecule has 31 heavy (non-hydrogen) atoms. The number of hydrogen-bond acceptors (Lipinski definition) is 3. The molecule has 0 atom stereocenters. The van der Waals surface area contributed by atoms with Crippen LogP contribution in [-0.4, -0.2) is 24.3 Å². The zero-order valence-electron chi connectivity index (χ0n) is 17.8. The average Bonchev–Trinajstić information content (AvgIpc) is 3.33. The largest absolute Gasteiger partial charge is 0.371 e. The van der Waals surface area contributed by atoms with Gasteiger partial charge >= 0.3 is 0 Å². The van der Waals surface area contributed by atoms with Crippen LogP contribution in [0.3, 0.4) is 0 Å². The molecule has 0 N–H and O–H groups in total. The van der Waals surface area contributed by atoms with E-state index in [0.29, 0.717) is 0 Å². The second-order valence-corrected chi connectivity index (χ2v) is 7.68. The molecular weight excluding hydrogens is 563 g/mol. The van der Waals surface area contributed by atoms with E-state index in [-0.39, 0.29) is 20.1 Å². The van der Waals surface area contributed by atoms with Crippen molar-refractivity contribution in [2.24, 2.45) is 7.05 Å². The Hall–Kier alpha value is -3.08. The molecule has 2 heterocycles. The molecule has 0 aliphatic rings. The van der Waals surface area contributed by atoms with Crippen LogP contribution in [0.15, 0.2) is 60.9 Å². The van der Waals surface area contributed by atoms with E-state index in [0.717, 1.165) is 33.9 Å². The van der Waals surface area contributed by atoms with Gasteiger partial charge in [0.1, 0.15) is 6.33 Å². The molecule has 5 aromatic rings. The molecule has 5 nitrogen and oxygen atoms in total. The summed E-state index contributed by atoms with van der Waals surface area (Å²) in [7, 11) is 2.02. The van der Waals surface area contributed by atoms with Gasteiger partial charge in [0, 0.05) is 38.4 Å². The maximum atomic E-state index is 4.65. The molecule has 0 saturated heterocycles. The molecule has 0 bridgehead atoms. The number of aryl methyl sites for hydroxylation is 4. The number of fused-ring (bicyclic) bond motifs is 1. The molecule has 6 heteroatoms. The maximum Gasteiger partial charge on any atom is 0.114 e. The fraction of sp³-hybridized carbons (Fsp3) is 0.160. The van der Waals surface area contributed by atoms with Gasteiger partial charge in [-0.3, -0.25) is 4.98 Å². The summed E-state index contributed by atoms with van der Waals surface area (Å²) in [5.41, 5.74) is 8.73. The van der Waals surface area contributed by atoms with Crippen LogP contribution in [0.4, 0.5) is 0 Å². The predicted molar refractivity (Wildman–Crippen MR) is 120 cm³/mol. The van der Waals surface area contributed by atoms with Crippen molar-refractivity contribution in [3.05, 3.63) is 83.9 Å². The third-order valence-electron chi connectivity index (χ3n) is 5.66. The number of aromatic nitrogens is 5. The normalized spacial score (nSPS) is 11.0. The summed E-state index contributed by atoms with van der Waals surface area (Å²) in [6.07, 6.45) is 1.77. The molecule has 157 valence electrons. The van der Waals surface area contributed by atoms with Crippen LogP contribution in [-0.2, 0) is 27.2 Å². The topological polar surface area (TPSA) is 48.5 Å².